The lowest BCUT2D eigenvalue weighted by molar-refractivity contribution is -0.144. The smallest absolute Gasteiger partial charge is 0.323 e. The zero-order valence-electron chi connectivity index (χ0n) is 10.3. The van der Waals surface area contributed by atoms with E-state index >= 15 is 0 Å². The zero-order chi connectivity index (χ0) is 12.5. The Morgan fingerprint density at radius 1 is 1.76 bits per heavy atom. The van der Waals surface area contributed by atoms with Crippen LogP contribution >= 0.6 is 0 Å². The van der Waals surface area contributed by atoms with Crippen molar-refractivity contribution < 1.29 is 9.90 Å². The Balaban J connectivity index is 2.14. The summed E-state index contributed by atoms with van der Waals surface area (Å²) in [6, 6.07) is 2.15. The number of nitrogens with one attached hydrogen (secondary N) is 1. The second-order valence-corrected chi connectivity index (χ2v) is 4.75. The molecule has 0 spiro atoms. The number of aryl methyl sites for hydroxylation is 1. The van der Waals surface area contributed by atoms with Gasteiger partial charge in [0, 0.05) is 6.20 Å². The van der Waals surface area contributed by atoms with Gasteiger partial charge in [-0.2, -0.15) is 5.10 Å². The van der Waals surface area contributed by atoms with Gasteiger partial charge in [-0.25, -0.2) is 0 Å². The van der Waals surface area contributed by atoms with E-state index in [1.54, 1.807) is 0 Å². The van der Waals surface area contributed by atoms with Crippen LogP contribution < -0.4 is 5.32 Å². The Bertz CT molecular complexity index is 416. The van der Waals surface area contributed by atoms with Gasteiger partial charge in [-0.15, -0.1) is 0 Å². The molecule has 2 unspecified atom stereocenters. The summed E-state index contributed by atoms with van der Waals surface area (Å²) < 4.78 is 1.90. The van der Waals surface area contributed by atoms with Crippen molar-refractivity contribution in [3.63, 3.8) is 0 Å². The third-order valence-electron chi connectivity index (χ3n) is 3.53. The first-order chi connectivity index (χ1) is 8.07. The number of carbonyl (C=O) groups is 1. The number of carboxylic acid groups (broad SMARTS) is 1. The summed E-state index contributed by atoms with van der Waals surface area (Å²) in [5, 5.41) is 16.9. The molecular formula is C12H19N3O2. The summed E-state index contributed by atoms with van der Waals surface area (Å²) in [6.45, 7) is 4.56. The lowest BCUT2D eigenvalue weighted by Gasteiger charge is -2.25. The molecule has 1 fully saturated rings. The molecule has 1 heterocycles. The maximum atomic E-state index is 11.4. The van der Waals surface area contributed by atoms with Crippen LogP contribution in [0.15, 0.2) is 12.3 Å². The summed E-state index contributed by atoms with van der Waals surface area (Å²) in [7, 11) is 0. The quantitative estimate of drug-likeness (QED) is 0.829. The van der Waals surface area contributed by atoms with Crippen LogP contribution in [-0.2, 0) is 4.79 Å². The Labute approximate surface area is 101 Å². The maximum absolute atomic E-state index is 11.4. The van der Waals surface area contributed by atoms with E-state index in [9.17, 15) is 9.90 Å². The topological polar surface area (TPSA) is 67.2 Å². The van der Waals surface area contributed by atoms with Crippen molar-refractivity contribution >= 4 is 5.97 Å². The summed E-state index contributed by atoms with van der Waals surface area (Å²) in [4.78, 5) is 11.4. The first-order valence-corrected chi connectivity index (χ1v) is 6.07. The molecular weight excluding hydrogens is 218 g/mol. The van der Waals surface area contributed by atoms with Gasteiger partial charge in [-0.05, 0) is 38.8 Å². The highest BCUT2D eigenvalue weighted by Gasteiger charge is 2.45. The van der Waals surface area contributed by atoms with Gasteiger partial charge in [0.05, 0.1) is 11.7 Å². The Kier molecular flexibility index (Phi) is 3.19. The highest BCUT2D eigenvalue weighted by Crippen LogP contribution is 2.37. The van der Waals surface area contributed by atoms with E-state index < -0.39 is 11.5 Å². The molecule has 1 saturated carbocycles. The SMILES string of the molecule is CCNC1(C(=O)O)CCC(n2ccc(C)n2)C1. The number of carboxylic acids is 1. The zero-order valence-corrected chi connectivity index (χ0v) is 10.3. The molecule has 94 valence electrons. The number of rotatable bonds is 4. The second-order valence-electron chi connectivity index (χ2n) is 4.75. The predicted molar refractivity (Wildman–Crippen MR) is 63.9 cm³/mol. The van der Waals surface area contributed by atoms with Crippen LogP contribution in [0.3, 0.4) is 0 Å². The molecule has 1 aromatic rings. The minimum atomic E-state index is -0.765. The molecule has 1 aromatic heterocycles. The van der Waals surface area contributed by atoms with E-state index in [0.29, 0.717) is 19.4 Å². The molecule has 0 amide bonds. The number of likely N-dealkylation sites (N-methyl/N-ethyl adjacent to an activating group) is 1. The molecule has 0 aromatic carbocycles. The van der Waals surface area contributed by atoms with E-state index in [2.05, 4.69) is 10.4 Å². The lowest BCUT2D eigenvalue weighted by Crippen LogP contribution is -2.50. The summed E-state index contributed by atoms with van der Waals surface area (Å²) in [6.07, 6.45) is 4.07. The van der Waals surface area contributed by atoms with E-state index in [-0.39, 0.29) is 6.04 Å². The molecule has 5 heteroatoms. The molecule has 17 heavy (non-hydrogen) atoms. The highest BCUT2D eigenvalue weighted by atomic mass is 16.4. The summed E-state index contributed by atoms with van der Waals surface area (Å²) in [5.74, 6) is -0.745. The molecule has 0 aliphatic heterocycles. The van der Waals surface area contributed by atoms with Gasteiger partial charge in [0.2, 0.25) is 0 Å². The van der Waals surface area contributed by atoms with Crippen LogP contribution in [0.1, 0.15) is 37.9 Å². The van der Waals surface area contributed by atoms with Gasteiger partial charge in [0.1, 0.15) is 5.54 Å². The van der Waals surface area contributed by atoms with Crippen LogP contribution in [0.2, 0.25) is 0 Å². The van der Waals surface area contributed by atoms with Crippen molar-refractivity contribution in [2.24, 2.45) is 0 Å². The molecule has 2 rings (SSSR count). The molecule has 2 N–H and O–H groups in total. The van der Waals surface area contributed by atoms with Gasteiger partial charge >= 0.3 is 5.97 Å². The Morgan fingerprint density at radius 2 is 2.53 bits per heavy atom. The Hall–Kier alpha value is -1.36. The van der Waals surface area contributed by atoms with Crippen LogP contribution in [0.4, 0.5) is 0 Å². The summed E-state index contributed by atoms with van der Waals surface area (Å²) in [5.41, 5.74) is 0.209. The standard InChI is InChI=1S/C12H19N3O2/c1-3-13-12(11(16)17)6-4-10(8-12)15-7-5-9(2)14-15/h5,7,10,13H,3-4,6,8H2,1-2H3,(H,16,17). The molecule has 0 bridgehead atoms. The van der Waals surface area contributed by atoms with Crippen LogP contribution in [-0.4, -0.2) is 32.9 Å². The fourth-order valence-electron chi connectivity index (χ4n) is 2.65. The molecule has 1 aliphatic rings. The third-order valence-corrected chi connectivity index (χ3v) is 3.53. The van der Waals surface area contributed by atoms with Gasteiger partial charge in [0.15, 0.2) is 0 Å². The van der Waals surface area contributed by atoms with Gasteiger partial charge in [0.25, 0.3) is 0 Å². The average Bonchev–Trinajstić information content (AvgIpc) is 2.86. The van der Waals surface area contributed by atoms with E-state index in [4.69, 9.17) is 0 Å². The fourth-order valence-corrected chi connectivity index (χ4v) is 2.65. The van der Waals surface area contributed by atoms with Gasteiger partial charge in [-0.3, -0.25) is 9.48 Å². The molecule has 0 saturated heterocycles. The summed E-state index contributed by atoms with van der Waals surface area (Å²) >= 11 is 0. The van der Waals surface area contributed by atoms with Gasteiger partial charge in [-0.1, -0.05) is 6.92 Å². The number of aliphatic carboxylic acids is 1. The number of aromatic nitrogens is 2. The van der Waals surface area contributed by atoms with Crippen molar-refractivity contribution in [2.75, 3.05) is 6.54 Å². The molecule has 1 aliphatic carbocycles. The van der Waals surface area contributed by atoms with Crippen molar-refractivity contribution in [2.45, 2.75) is 44.7 Å². The van der Waals surface area contributed by atoms with E-state index in [0.717, 1.165) is 12.1 Å². The monoisotopic (exact) mass is 237 g/mol. The first-order valence-electron chi connectivity index (χ1n) is 6.07. The maximum Gasteiger partial charge on any atom is 0.323 e. The van der Waals surface area contributed by atoms with Crippen LogP contribution in [0.25, 0.3) is 0 Å². The Morgan fingerprint density at radius 3 is 3.06 bits per heavy atom. The predicted octanol–water partition coefficient (Wildman–Crippen LogP) is 1.35. The average molecular weight is 237 g/mol. The molecule has 5 nitrogen and oxygen atoms in total. The van der Waals surface area contributed by atoms with Crippen molar-refractivity contribution in [3.8, 4) is 0 Å². The second kappa shape index (κ2) is 4.49. The van der Waals surface area contributed by atoms with Crippen LogP contribution in [0.5, 0.6) is 0 Å². The normalized spacial score (nSPS) is 28.5. The number of hydrogen-bond donors (Lipinski definition) is 2. The fraction of sp³-hybridized carbons (Fsp3) is 0.667. The van der Waals surface area contributed by atoms with Crippen LogP contribution in [0, 0.1) is 6.92 Å². The minimum Gasteiger partial charge on any atom is -0.480 e. The third kappa shape index (κ3) is 2.20. The van der Waals surface area contributed by atoms with Crippen molar-refractivity contribution in [1.82, 2.24) is 15.1 Å². The first kappa shape index (κ1) is 12.1. The highest BCUT2D eigenvalue weighted by molar-refractivity contribution is 5.79. The van der Waals surface area contributed by atoms with Crippen molar-refractivity contribution in [3.05, 3.63) is 18.0 Å². The largest absolute Gasteiger partial charge is 0.480 e. The van der Waals surface area contributed by atoms with Crippen molar-refractivity contribution in [1.29, 1.82) is 0 Å². The number of hydrogen-bond acceptors (Lipinski definition) is 3. The van der Waals surface area contributed by atoms with E-state index in [1.807, 2.05) is 30.8 Å². The van der Waals surface area contributed by atoms with Gasteiger partial charge < -0.3 is 10.4 Å². The van der Waals surface area contributed by atoms with E-state index in [1.165, 1.54) is 0 Å². The molecule has 0 radical (unpaired) electrons. The molecule has 2 atom stereocenters. The lowest BCUT2D eigenvalue weighted by atomic mass is 9.97. The minimum absolute atomic E-state index is 0.193. The number of nitrogens with zero attached hydrogens (tertiary/aromatic N) is 2.